The van der Waals surface area contributed by atoms with E-state index in [2.05, 4.69) is 48.7 Å². The number of nitrogen functional groups attached to an aromatic ring is 1. The SMILES string of the molecule is C=C/C=C(\CC)c1cc[n+](-c2ccc(N)cc2)cc1. The number of pyridine rings is 1. The van der Waals surface area contributed by atoms with Crippen LogP contribution in [0.1, 0.15) is 18.9 Å². The Balaban J connectivity index is 2.30. The van der Waals surface area contributed by atoms with Crippen LogP contribution < -0.4 is 10.3 Å². The Labute approximate surface area is 114 Å². The molecular formula is C17H19N2+. The third-order valence-electron chi connectivity index (χ3n) is 3.09. The van der Waals surface area contributed by atoms with Gasteiger partial charge >= 0.3 is 0 Å². The number of aromatic nitrogens is 1. The summed E-state index contributed by atoms with van der Waals surface area (Å²) in [7, 11) is 0. The maximum atomic E-state index is 5.69. The standard InChI is InChI=1S/C17H19N2/c1-3-5-14(4-2)15-10-12-19(13-11-15)17-8-6-16(18)7-9-17/h3,5-13H,1,4,18H2,2H3/q+1/b14-5+. The van der Waals surface area contributed by atoms with Gasteiger partial charge in [-0.2, -0.15) is 4.57 Å². The molecule has 0 aliphatic heterocycles. The van der Waals surface area contributed by atoms with Crippen LogP contribution in [0.3, 0.4) is 0 Å². The number of nitrogens with zero attached hydrogens (tertiary/aromatic N) is 1. The van der Waals surface area contributed by atoms with Crippen LogP contribution in [0.5, 0.6) is 0 Å². The molecule has 0 radical (unpaired) electrons. The third kappa shape index (κ3) is 3.10. The van der Waals surface area contributed by atoms with Crippen molar-refractivity contribution in [3.05, 3.63) is 73.1 Å². The molecule has 19 heavy (non-hydrogen) atoms. The highest BCUT2D eigenvalue weighted by Gasteiger charge is 2.06. The number of rotatable bonds is 4. The fourth-order valence-corrected chi connectivity index (χ4v) is 2.02. The molecule has 2 nitrogen and oxygen atoms in total. The number of hydrogen-bond donors (Lipinski definition) is 1. The van der Waals surface area contributed by atoms with E-state index in [0.29, 0.717) is 0 Å². The molecule has 0 fully saturated rings. The van der Waals surface area contributed by atoms with Gasteiger partial charge in [-0.1, -0.05) is 25.7 Å². The molecule has 0 atom stereocenters. The molecule has 0 aliphatic carbocycles. The highest BCUT2D eigenvalue weighted by Crippen LogP contribution is 2.16. The summed E-state index contributed by atoms with van der Waals surface area (Å²) in [6.45, 7) is 5.90. The molecular weight excluding hydrogens is 232 g/mol. The molecule has 0 amide bonds. The van der Waals surface area contributed by atoms with Gasteiger partial charge in [0.05, 0.1) is 0 Å². The molecule has 0 saturated carbocycles. The van der Waals surface area contributed by atoms with E-state index in [9.17, 15) is 0 Å². The number of anilines is 1. The van der Waals surface area contributed by atoms with Crippen LogP contribution in [0.2, 0.25) is 0 Å². The van der Waals surface area contributed by atoms with Crippen LogP contribution in [0.4, 0.5) is 5.69 Å². The molecule has 0 bridgehead atoms. The monoisotopic (exact) mass is 251 g/mol. The lowest BCUT2D eigenvalue weighted by atomic mass is 10.0. The van der Waals surface area contributed by atoms with Gasteiger partial charge in [-0.05, 0) is 29.7 Å². The van der Waals surface area contributed by atoms with Crippen molar-refractivity contribution in [2.75, 3.05) is 5.73 Å². The molecule has 96 valence electrons. The first-order valence-corrected chi connectivity index (χ1v) is 6.43. The first-order chi connectivity index (χ1) is 9.24. The van der Waals surface area contributed by atoms with Crippen molar-refractivity contribution in [1.29, 1.82) is 0 Å². The third-order valence-corrected chi connectivity index (χ3v) is 3.09. The molecule has 2 aromatic rings. The number of hydrogen-bond acceptors (Lipinski definition) is 1. The molecule has 0 saturated heterocycles. The van der Waals surface area contributed by atoms with Gasteiger partial charge < -0.3 is 5.73 Å². The Bertz CT molecular complexity index is 578. The van der Waals surface area contributed by atoms with Gasteiger partial charge in [0.15, 0.2) is 12.4 Å². The summed E-state index contributed by atoms with van der Waals surface area (Å²) in [5, 5.41) is 0. The Hall–Kier alpha value is -2.35. The average Bonchev–Trinajstić information content (AvgIpc) is 2.46. The highest BCUT2D eigenvalue weighted by atomic mass is 14.9. The maximum Gasteiger partial charge on any atom is 0.210 e. The van der Waals surface area contributed by atoms with Crippen LogP contribution in [-0.4, -0.2) is 0 Å². The lowest BCUT2D eigenvalue weighted by Crippen LogP contribution is -2.29. The zero-order chi connectivity index (χ0) is 13.7. The summed E-state index contributed by atoms with van der Waals surface area (Å²) >= 11 is 0. The van der Waals surface area contributed by atoms with Gasteiger partial charge in [0.2, 0.25) is 5.69 Å². The molecule has 1 aromatic heterocycles. The van der Waals surface area contributed by atoms with E-state index in [1.54, 1.807) is 0 Å². The molecule has 2 heteroatoms. The van der Waals surface area contributed by atoms with Crippen molar-refractivity contribution in [3.63, 3.8) is 0 Å². The second-order valence-corrected chi connectivity index (χ2v) is 4.37. The van der Waals surface area contributed by atoms with Crippen LogP contribution >= 0.6 is 0 Å². The summed E-state index contributed by atoms with van der Waals surface area (Å²) in [5.41, 5.74) is 10.1. The number of nitrogens with two attached hydrogens (primary N) is 1. The topological polar surface area (TPSA) is 29.9 Å². The largest absolute Gasteiger partial charge is 0.399 e. The van der Waals surface area contributed by atoms with E-state index >= 15 is 0 Å². The number of benzene rings is 1. The van der Waals surface area contributed by atoms with Gasteiger partial charge in [-0.3, -0.25) is 0 Å². The Morgan fingerprint density at radius 2 is 1.79 bits per heavy atom. The highest BCUT2D eigenvalue weighted by molar-refractivity contribution is 5.66. The van der Waals surface area contributed by atoms with Crippen molar-refractivity contribution >= 4 is 11.3 Å². The molecule has 0 unspecified atom stereocenters. The van der Waals surface area contributed by atoms with Crippen LogP contribution in [0, 0.1) is 0 Å². The molecule has 2 N–H and O–H groups in total. The van der Waals surface area contributed by atoms with Crippen LogP contribution in [0.15, 0.2) is 67.5 Å². The Kier molecular flexibility index (Phi) is 4.14. The van der Waals surface area contributed by atoms with Gasteiger partial charge in [0, 0.05) is 30.0 Å². The fraction of sp³-hybridized carbons (Fsp3) is 0.118. The number of allylic oxidation sites excluding steroid dienone is 3. The molecule has 0 aliphatic rings. The average molecular weight is 251 g/mol. The molecule has 0 spiro atoms. The van der Waals surface area contributed by atoms with Crippen molar-refractivity contribution in [3.8, 4) is 5.69 Å². The van der Waals surface area contributed by atoms with E-state index in [1.807, 2.05) is 30.3 Å². The first-order valence-electron chi connectivity index (χ1n) is 6.43. The van der Waals surface area contributed by atoms with E-state index < -0.39 is 0 Å². The predicted octanol–water partition coefficient (Wildman–Crippen LogP) is 3.52. The van der Waals surface area contributed by atoms with E-state index in [0.717, 1.165) is 17.8 Å². The van der Waals surface area contributed by atoms with Crippen LogP contribution in [-0.2, 0) is 0 Å². The smallest absolute Gasteiger partial charge is 0.210 e. The fourth-order valence-electron chi connectivity index (χ4n) is 2.02. The summed E-state index contributed by atoms with van der Waals surface area (Å²) in [6, 6.07) is 12.1. The van der Waals surface area contributed by atoms with Crippen molar-refractivity contribution in [2.24, 2.45) is 0 Å². The molecule has 1 heterocycles. The summed E-state index contributed by atoms with van der Waals surface area (Å²) < 4.78 is 2.07. The van der Waals surface area contributed by atoms with E-state index in [-0.39, 0.29) is 0 Å². The second-order valence-electron chi connectivity index (χ2n) is 4.37. The minimum Gasteiger partial charge on any atom is -0.399 e. The van der Waals surface area contributed by atoms with Gasteiger partial charge in [0.25, 0.3) is 0 Å². The first kappa shape index (κ1) is 13.1. The second kappa shape index (κ2) is 6.01. The van der Waals surface area contributed by atoms with Crippen LogP contribution in [0.25, 0.3) is 11.3 Å². The van der Waals surface area contributed by atoms with Crippen molar-refractivity contribution < 1.29 is 4.57 Å². The Morgan fingerprint density at radius 1 is 1.16 bits per heavy atom. The van der Waals surface area contributed by atoms with Crippen molar-refractivity contribution in [2.45, 2.75) is 13.3 Å². The molecule has 1 aromatic carbocycles. The predicted molar refractivity (Wildman–Crippen MR) is 80.9 cm³/mol. The summed E-state index contributed by atoms with van der Waals surface area (Å²) in [6.07, 6.45) is 9.02. The summed E-state index contributed by atoms with van der Waals surface area (Å²) in [5.74, 6) is 0. The van der Waals surface area contributed by atoms with Gasteiger partial charge in [0.1, 0.15) is 0 Å². The van der Waals surface area contributed by atoms with Gasteiger partial charge in [-0.15, -0.1) is 0 Å². The lowest BCUT2D eigenvalue weighted by molar-refractivity contribution is -0.595. The zero-order valence-corrected chi connectivity index (χ0v) is 11.2. The normalized spacial score (nSPS) is 11.3. The van der Waals surface area contributed by atoms with E-state index in [1.165, 1.54) is 11.1 Å². The quantitative estimate of drug-likeness (QED) is 0.503. The summed E-state index contributed by atoms with van der Waals surface area (Å²) in [4.78, 5) is 0. The van der Waals surface area contributed by atoms with Crippen molar-refractivity contribution in [1.82, 2.24) is 0 Å². The van der Waals surface area contributed by atoms with Gasteiger partial charge in [-0.25, -0.2) is 0 Å². The maximum absolute atomic E-state index is 5.69. The minimum atomic E-state index is 0.781. The minimum absolute atomic E-state index is 0.781. The zero-order valence-electron chi connectivity index (χ0n) is 11.2. The lowest BCUT2D eigenvalue weighted by Gasteiger charge is -2.03. The van der Waals surface area contributed by atoms with E-state index in [4.69, 9.17) is 5.73 Å². The Morgan fingerprint density at radius 3 is 2.32 bits per heavy atom. The molecule has 2 rings (SSSR count).